The first-order chi connectivity index (χ1) is 12.4. The number of aliphatic hydroxyl groups excluding tert-OH is 2. The molecule has 2 aromatic rings. The van der Waals surface area contributed by atoms with Crippen LogP contribution in [0.2, 0.25) is 0 Å². The number of carbonyl (C=O) groups excluding carboxylic acids is 1. The van der Waals surface area contributed by atoms with Gasteiger partial charge in [-0.25, -0.2) is 0 Å². The number of carbonyl (C=O) groups is 1. The van der Waals surface area contributed by atoms with Crippen molar-refractivity contribution in [2.45, 2.75) is 18.1 Å². The predicted octanol–water partition coefficient (Wildman–Crippen LogP) is 1.11. The van der Waals surface area contributed by atoms with Gasteiger partial charge in [-0.15, -0.1) is 0 Å². The Hall–Kier alpha value is -2.97. The van der Waals surface area contributed by atoms with Crippen LogP contribution in [0.25, 0.3) is 0 Å². The minimum atomic E-state index is -1.63. The number of fused-ring (bicyclic) bond motifs is 2. The fourth-order valence-corrected chi connectivity index (χ4v) is 3.26. The van der Waals surface area contributed by atoms with Crippen molar-refractivity contribution >= 4 is 5.78 Å². The maximum atomic E-state index is 12.5. The van der Waals surface area contributed by atoms with Crippen LogP contribution in [0.15, 0.2) is 24.3 Å². The third kappa shape index (κ3) is 2.34. The first-order valence-corrected chi connectivity index (χ1v) is 7.83. The maximum absolute atomic E-state index is 12.5. The number of aliphatic hydroxyl groups is 2. The van der Waals surface area contributed by atoms with Gasteiger partial charge in [-0.2, -0.15) is 0 Å². The van der Waals surface area contributed by atoms with Crippen LogP contribution in [-0.4, -0.2) is 44.0 Å². The third-order valence-electron chi connectivity index (χ3n) is 4.52. The first kappa shape index (κ1) is 16.5. The molecule has 0 saturated carbocycles. The summed E-state index contributed by atoms with van der Waals surface area (Å²) >= 11 is 0. The number of phenolic OH excluding ortho intramolecular Hbond substituents is 3. The van der Waals surface area contributed by atoms with Crippen molar-refractivity contribution in [1.29, 1.82) is 0 Å². The van der Waals surface area contributed by atoms with Crippen molar-refractivity contribution < 1.29 is 39.8 Å². The number of rotatable bonds is 2. The van der Waals surface area contributed by atoms with Crippen molar-refractivity contribution in [3.8, 4) is 28.7 Å². The first-order valence-electron chi connectivity index (χ1n) is 7.83. The summed E-state index contributed by atoms with van der Waals surface area (Å²) in [6, 6.07) is 5.00. The number of hydrogen-bond donors (Lipinski definition) is 5. The molecule has 8 nitrogen and oxygen atoms in total. The lowest BCUT2D eigenvalue weighted by atomic mass is 9.90. The van der Waals surface area contributed by atoms with E-state index >= 15 is 0 Å². The molecule has 1 radical (unpaired) electrons. The van der Waals surface area contributed by atoms with Gasteiger partial charge in [0, 0.05) is 17.7 Å². The molecule has 3 atom stereocenters. The summed E-state index contributed by atoms with van der Waals surface area (Å²) < 4.78 is 10.9. The van der Waals surface area contributed by atoms with Crippen LogP contribution >= 0.6 is 0 Å². The monoisotopic (exact) mass is 359 g/mol. The molecule has 26 heavy (non-hydrogen) atoms. The Balaban J connectivity index is 1.80. The Morgan fingerprint density at radius 3 is 2.54 bits per heavy atom. The second-order valence-electron chi connectivity index (χ2n) is 6.19. The van der Waals surface area contributed by atoms with Crippen LogP contribution in [0.1, 0.15) is 33.5 Å². The van der Waals surface area contributed by atoms with Gasteiger partial charge in [-0.1, -0.05) is 0 Å². The van der Waals surface area contributed by atoms with Crippen LogP contribution in [0.3, 0.4) is 0 Å². The highest BCUT2D eigenvalue weighted by Crippen LogP contribution is 2.47. The standard InChI is InChI=1S/C18H15O8/c19-5-8-6-25-18-10(8)1-7(2-12(18)22)17-16(24)15(23)14-11(21)3-9(20)4-13(14)26-17/h1-4,6,8,16-17,19-22,24H,5H2. The molecule has 0 bridgehead atoms. The Bertz CT molecular complexity index is 907. The maximum Gasteiger partial charge on any atom is 0.202 e. The van der Waals surface area contributed by atoms with E-state index in [4.69, 9.17) is 9.47 Å². The van der Waals surface area contributed by atoms with Crippen LogP contribution < -0.4 is 9.47 Å². The van der Waals surface area contributed by atoms with Gasteiger partial charge in [0.2, 0.25) is 5.78 Å². The number of benzene rings is 2. The molecule has 0 spiro atoms. The highest BCUT2D eigenvalue weighted by molar-refractivity contribution is 6.05. The quantitative estimate of drug-likeness (QED) is 0.538. The van der Waals surface area contributed by atoms with Crippen molar-refractivity contribution in [3.63, 3.8) is 0 Å². The molecule has 2 aliphatic rings. The molecule has 0 fully saturated rings. The Kier molecular flexibility index (Phi) is 3.67. The van der Waals surface area contributed by atoms with Crippen LogP contribution in [0.5, 0.6) is 28.7 Å². The Morgan fingerprint density at radius 1 is 1.04 bits per heavy atom. The fourth-order valence-electron chi connectivity index (χ4n) is 3.26. The second-order valence-corrected chi connectivity index (χ2v) is 6.19. The van der Waals surface area contributed by atoms with Gasteiger partial charge in [0.15, 0.2) is 23.7 Å². The molecule has 3 unspecified atom stereocenters. The zero-order chi connectivity index (χ0) is 18.6. The minimum absolute atomic E-state index is 0.0793. The van der Waals surface area contributed by atoms with Crippen LogP contribution in [0.4, 0.5) is 0 Å². The molecule has 2 aliphatic heterocycles. The van der Waals surface area contributed by atoms with E-state index in [1.54, 1.807) is 6.07 Å². The number of ketones is 1. The van der Waals surface area contributed by atoms with Crippen molar-refractivity contribution in [1.82, 2.24) is 0 Å². The lowest BCUT2D eigenvalue weighted by Gasteiger charge is -2.30. The fraction of sp³-hybridized carbons (Fsp3) is 0.222. The molecular formula is C18H15O8. The van der Waals surface area contributed by atoms with E-state index in [0.717, 1.165) is 12.1 Å². The molecule has 4 rings (SSSR count). The normalized spacial score (nSPS) is 23.8. The molecule has 0 saturated heterocycles. The largest absolute Gasteiger partial charge is 0.508 e. The summed E-state index contributed by atoms with van der Waals surface area (Å²) in [5.41, 5.74) is 0.560. The lowest BCUT2D eigenvalue weighted by molar-refractivity contribution is 0.0209. The number of Topliss-reactive ketones (excluding diaryl/α,β-unsaturated/α-hetero) is 1. The second kappa shape index (κ2) is 5.79. The van der Waals surface area contributed by atoms with Gasteiger partial charge in [0.05, 0.1) is 12.5 Å². The van der Waals surface area contributed by atoms with Crippen molar-refractivity contribution in [2.75, 3.05) is 6.61 Å². The van der Waals surface area contributed by atoms with Crippen LogP contribution in [0, 0.1) is 6.61 Å². The van der Waals surface area contributed by atoms with Gasteiger partial charge in [-0.05, 0) is 17.7 Å². The zero-order valence-electron chi connectivity index (χ0n) is 13.3. The molecule has 0 aromatic heterocycles. The van der Waals surface area contributed by atoms with E-state index in [1.807, 2.05) is 0 Å². The number of ether oxygens (including phenoxy) is 2. The van der Waals surface area contributed by atoms with Gasteiger partial charge < -0.3 is 35.0 Å². The van der Waals surface area contributed by atoms with Crippen molar-refractivity contribution in [3.05, 3.63) is 47.6 Å². The Labute approximate surface area is 147 Å². The van der Waals surface area contributed by atoms with E-state index in [9.17, 15) is 30.3 Å². The molecular weight excluding hydrogens is 344 g/mol. The molecule has 135 valence electrons. The smallest absolute Gasteiger partial charge is 0.202 e. The van der Waals surface area contributed by atoms with E-state index in [-0.39, 0.29) is 40.7 Å². The van der Waals surface area contributed by atoms with Crippen LogP contribution in [-0.2, 0) is 0 Å². The SMILES string of the molecule is O=C1c2c(O)cc(O)cc2OC(c2cc(O)c3c(c2)C(CO)[CH]O3)C1O. The minimum Gasteiger partial charge on any atom is -0.508 e. The molecule has 2 heterocycles. The zero-order valence-corrected chi connectivity index (χ0v) is 13.3. The van der Waals surface area contributed by atoms with Gasteiger partial charge in [0.1, 0.15) is 29.4 Å². The molecule has 8 heteroatoms. The average Bonchev–Trinajstić information content (AvgIpc) is 3.01. The summed E-state index contributed by atoms with van der Waals surface area (Å²) in [5, 5.41) is 49.4. The van der Waals surface area contributed by atoms with E-state index in [2.05, 4.69) is 0 Å². The summed E-state index contributed by atoms with van der Waals surface area (Å²) in [7, 11) is 0. The number of hydrogen-bond acceptors (Lipinski definition) is 8. The number of phenols is 3. The summed E-state index contributed by atoms with van der Waals surface area (Å²) in [6.45, 7) is 1.14. The summed E-state index contributed by atoms with van der Waals surface area (Å²) in [6.07, 6.45) is -2.80. The van der Waals surface area contributed by atoms with Gasteiger partial charge in [-0.3, -0.25) is 4.79 Å². The van der Waals surface area contributed by atoms with Gasteiger partial charge in [0.25, 0.3) is 0 Å². The molecule has 2 aromatic carbocycles. The third-order valence-corrected chi connectivity index (χ3v) is 4.52. The molecule has 0 aliphatic carbocycles. The van der Waals surface area contributed by atoms with Crippen molar-refractivity contribution in [2.24, 2.45) is 0 Å². The van der Waals surface area contributed by atoms with Gasteiger partial charge >= 0.3 is 0 Å². The van der Waals surface area contributed by atoms with E-state index in [0.29, 0.717) is 5.56 Å². The molecule has 5 N–H and O–H groups in total. The lowest BCUT2D eigenvalue weighted by Crippen LogP contribution is -2.36. The predicted molar refractivity (Wildman–Crippen MR) is 86.3 cm³/mol. The van der Waals surface area contributed by atoms with E-state index in [1.165, 1.54) is 12.7 Å². The summed E-state index contributed by atoms with van der Waals surface area (Å²) in [5.74, 6) is -2.14. The number of aromatic hydroxyl groups is 3. The molecule has 0 amide bonds. The Morgan fingerprint density at radius 2 is 1.81 bits per heavy atom. The topological polar surface area (TPSA) is 137 Å². The average molecular weight is 359 g/mol. The highest BCUT2D eigenvalue weighted by atomic mass is 16.5. The van der Waals surface area contributed by atoms with E-state index < -0.39 is 29.7 Å². The highest BCUT2D eigenvalue weighted by Gasteiger charge is 2.40. The summed E-state index contributed by atoms with van der Waals surface area (Å²) in [4.78, 5) is 12.5.